The Balaban J connectivity index is 2.47. The van der Waals surface area contributed by atoms with E-state index in [1.54, 1.807) is 10.9 Å². The first kappa shape index (κ1) is 13.6. The van der Waals surface area contributed by atoms with Gasteiger partial charge in [0.15, 0.2) is 0 Å². The van der Waals surface area contributed by atoms with Crippen LogP contribution in [0.2, 0.25) is 0 Å². The van der Waals surface area contributed by atoms with Crippen molar-refractivity contribution in [3.05, 3.63) is 40.2 Å². The van der Waals surface area contributed by atoms with Gasteiger partial charge in [0.05, 0.1) is 17.2 Å². The maximum absolute atomic E-state index is 12.7. The van der Waals surface area contributed by atoms with E-state index < -0.39 is 0 Å². The van der Waals surface area contributed by atoms with Gasteiger partial charge in [-0.05, 0) is 25.5 Å². The molecule has 0 aliphatic carbocycles. The van der Waals surface area contributed by atoms with E-state index in [0.29, 0.717) is 5.52 Å². The molecule has 0 spiro atoms. The number of aromatic nitrogens is 3. The highest BCUT2D eigenvalue weighted by atomic mass is 127. The van der Waals surface area contributed by atoms with Crippen LogP contribution >= 0.6 is 22.6 Å². The highest BCUT2D eigenvalue weighted by Gasteiger charge is 2.14. The number of rotatable bonds is 3. The van der Waals surface area contributed by atoms with Gasteiger partial charge in [0, 0.05) is 23.4 Å². The number of alkyl halides is 1. The second-order valence-corrected chi connectivity index (χ2v) is 6.12. The van der Waals surface area contributed by atoms with Crippen LogP contribution in [0.3, 0.4) is 0 Å². The average Bonchev–Trinajstić information content (AvgIpc) is 2.81. The zero-order valence-electron chi connectivity index (χ0n) is 11.6. The van der Waals surface area contributed by atoms with Crippen molar-refractivity contribution in [3.8, 4) is 0 Å². The summed E-state index contributed by atoms with van der Waals surface area (Å²) in [4.78, 5) is 12.7. The van der Waals surface area contributed by atoms with Crippen LogP contribution in [0.15, 0.2) is 29.2 Å². The third-order valence-corrected chi connectivity index (χ3v) is 4.39. The molecule has 0 bridgehead atoms. The zero-order valence-corrected chi connectivity index (χ0v) is 13.7. The Labute approximate surface area is 130 Å². The van der Waals surface area contributed by atoms with Gasteiger partial charge in [0.1, 0.15) is 5.52 Å². The molecule has 0 radical (unpaired) electrons. The summed E-state index contributed by atoms with van der Waals surface area (Å²) in [5.41, 5.74) is 3.81. The molecule has 0 fully saturated rings. The van der Waals surface area contributed by atoms with Crippen LogP contribution in [0.1, 0.15) is 12.0 Å². The van der Waals surface area contributed by atoms with Crippen molar-refractivity contribution >= 4 is 44.5 Å². The molecule has 0 saturated heterocycles. The summed E-state index contributed by atoms with van der Waals surface area (Å²) in [6, 6.07) is 6.08. The summed E-state index contributed by atoms with van der Waals surface area (Å²) in [5, 5.41) is 5.05. The molecule has 104 valence electrons. The fraction of sp³-hybridized carbons (Fsp3) is 0.333. The lowest BCUT2D eigenvalue weighted by molar-refractivity contribution is 0.731. The fourth-order valence-electron chi connectivity index (χ4n) is 2.67. The lowest BCUT2D eigenvalue weighted by Gasteiger charge is -2.12. The normalized spacial score (nSPS) is 11.6. The highest BCUT2D eigenvalue weighted by Crippen LogP contribution is 2.20. The van der Waals surface area contributed by atoms with Crippen molar-refractivity contribution in [2.24, 2.45) is 7.05 Å². The van der Waals surface area contributed by atoms with E-state index in [0.717, 1.165) is 39.4 Å². The number of hydrogen-bond donors (Lipinski definition) is 0. The first-order valence-corrected chi connectivity index (χ1v) is 8.17. The van der Waals surface area contributed by atoms with E-state index >= 15 is 0 Å². The molecular weight excluding hydrogens is 365 g/mol. The van der Waals surface area contributed by atoms with Crippen molar-refractivity contribution in [1.82, 2.24) is 14.3 Å². The Morgan fingerprint density at radius 2 is 2.10 bits per heavy atom. The van der Waals surface area contributed by atoms with Crippen LogP contribution in [0.5, 0.6) is 0 Å². The summed E-state index contributed by atoms with van der Waals surface area (Å²) in [7, 11) is 1.83. The molecule has 3 rings (SSSR count). The van der Waals surface area contributed by atoms with Gasteiger partial charge in [0.25, 0.3) is 0 Å². The minimum Gasteiger partial charge on any atom is -0.338 e. The number of nitrogens with zero attached hydrogens (tertiary/aromatic N) is 3. The molecule has 0 aliphatic rings. The molecule has 0 N–H and O–H groups in total. The van der Waals surface area contributed by atoms with Gasteiger partial charge in [-0.3, -0.25) is 9.48 Å². The highest BCUT2D eigenvalue weighted by molar-refractivity contribution is 14.1. The topological polar surface area (TPSA) is 39.8 Å². The third-order valence-electron chi connectivity index (χ3n) is 3.63. The third kappa shape index (κ3) is 2.04. The Kier molecular flexibility index (Phi) is 3.54. The number of aryl methyl sites for hydroxylation is 3. The van der Waals surface area contributed by atoms with Crippen LogP contribution < -0.4 is 5.43 Å². The summed E-state index contributed by atoms with van der Waals surface area (Å²) >= 11 is 2.38. The van der Waals surface area contributed by atoms with E-state index in [-0.39, 0.29) is 5.43 Å². The molecule has 0 amide bonds. The smallest absolute Gasteiger partial charge is 0.215 e. The Morgan fingerprint density at radius 3 is 2.85 bits per heavy atom. The summed E-state index contributed by atoms with van der Waals surface area (Å²) < 4.78 is 5.00. The molecule has 3 aromatic rings. The number of pyridine rings is 1. The zero-order chi connectivity index (χ0) is 14.3. The van der Waals surface area contributed by atoms with E-state index in [4.69, 9.17) is 0 Å². The van der Waals surface area contributed by atoms with Gasteiger partial charge in [-0.15, -0.1) is 0 Å². The van der Waals surface area contributed by atoms with Crippen LogP contribution in [-0.4, -0.2) is 18.8 Å². The van der Waals surface area contributed by atoms with Gasteiger partial charge in [-0.2, -0.15) is 5.10 Å². The average molecular weight is 381 g/mol. The van der Waals surface area contributed by atoms with E-state index in [1.807, 2.05) is 26.1 Å². The second-order valence-electron chi connectivity index (χ2n) is 5.05. The lowest BCUT2D eigenvalue weighted by Crippen LogP contribution is -2.13. The van der Waals surface area contributed by atoms with Gasteiger partial charge in [-0.1, -0.05) is 34.2 Å². The van der Waals surface area contributed by atoms with E-state index in [9.17, 15) is 4.79 Å². The minimum absolute atomic E-state index is 0.0735. The molecule has 20 heavy (non-hydrogen) atoms. The molecule has 0 unspecified atom stereocenters. The van der Waals surface area contributed by atoms with Crippen LogP contribution in [0.4, 0.5) is 0 Å². The largest absolute Gasteiger partial charge is 0.338 e. The summed E-state index contributed by atoms with van der Waals surface area (Å²) in [5.74, 6) is 0. The Bertz CT molecular complexity index is 848. The first-order valence-electron chi connectivity index (χ1n) is 6.64. The monoisotopic (exact) mass is 381 g/mol. The second kappa shape index (κ2) is 5.20. The molecule has 1 aromatic carbocycles. The molecule has 4 nitrogen and oxygen atoms in total. The van der Waals surface area contributed by atoms with Crippen LogP contribution in [-0.2, 0) is 13.6 Å². The molecule has 2 heterocycles. The molecule has 0 saturated carbocycles. The predicted molar refractivity (Wildman–Crippen MR) is 90.7 cm³/mol. The number of hydrogen-bond acceptors (Lipinski definition) is 2. The fourth-order valence-corrected chi connectivity index (χ4v) is 3.01. The Hall–Kier alpha value is -1.37. The molecule has 0 atom stereocenters. The molecular formula is C15H16IN3O. The van der Waals surface area contributed by atoms with Crippen molar-refractivity contribution in [2.75, 3.05) is 4.43 Å². The van der Waals surface area contributed by atoms with Gasteiger partial charge >= 0.3 is 0 Å². The summed E-state index contributed by atoms with van der Waals surface area (Å²) in [6.07, 6.45) is 2.87. The minimum atomic E-state index is 0.0735. The van der Waals surface area contributed by atoms with Gasteiger partial charge in [0.2, 0.25) is 5.43 Å². The molecule has 5 heteroatoms. The quantitative estimate of drug-likeness (QED) is 0.517. The SMILES string of the molecule is Cc1ccc2c(c1)c(=O)c1c(cnn1C)n2CCCI. The van der Waals surface area contributed by atoms with Crippen molar-refractivity contribution in [2.45, 2.75) is 19.9 Å². The molecule has 0 aliphatic heterocycles. The van der Waals surface area contributed by atoms with Gasteiger partial charge in [-0.25, -0.2) is 0 Å². The lowest BCUT2D eigenvalue weighted by atomic mass is 10.1. The van der Waals surface area contributed by atoms with Crippen molar-refractivity contribution < 1.29 is 0 Å². The maximum atomic E-state index is 12.7. The van der Waals surface area contributed by atoms with Gasteiger partial charge < -0.3 is 4.57 Å². The number of fused-ring (bicyclic) bond motifs is 2. The van der Waals surface area contributed by atoms with Crippen molar-refractivity contribution in [3.63, 3.8) is 0 Å². The maximum Gasteiger partial charge on any atom is 0.215 e. The van der Waals surface area contributed by atoms with Crippen LogP contribution in [0.25, 0.3) is 21.9 Å². The number of benzene rings is 1. The summed E-state index contributed by atoms with van der Waals surface area (Å²) in [6.45, 7) is 2.92. The van der Waals surface area contributed by atoms with Crippen molar-refractivity contribution in [1.29, 1.82) is 0 Å². The van der Waals surface area contributed by atoms with E-state index in [1.165, 1.54) is 0 Å². The predicted octanol–water partition coefficient (Wildman–Crippen LogP) is 3.02. The van der Waals surface area contributed by atoms with Crippen LogP contribution in [0, 0.1) is 6.92 Å². The number of halogens is 1. The van der Waals surface area contributed by atoms with E-state index in [2.05, 4.69) is 38.3 Å². The Morgan fingerprint density at radius 1 is 1.30 bits per heavy atom. The first-order chi connectivity index (χ1) is 9.63. The molecule has 2 aromatic heterocycles. The standard InChI is InChI=1S/C15H16IN3O/c1-10-4-5-12-11(8-10)15(20)14-13(9-17-18(14)2)19(12)7-3-6-16/h4-5,8-9H,3,6-7H2,1-2H3.